The molecule has 28 nitrogen and oxygen atoms in total. The van der Waals surface area contributed by atoms with Crippen LogP contribution < -0.4 is 37.1 Å². The molecule has 0 spiro atoms. The number of carbonyl (C=O) groups excluding carboxylic acids is 8. The molecule has 1 saturated carbocycles. The summed E-state index contributed by atoms with van der Waals surface area (Å²) in [5, 5.41) is 48.5. The molecule has 1 unspecified atom stereocenters. The van der Waals surface area contributed by atoms with E-state index in [2.05, 4.69) is 36.6 Å². The van der Waals surface area contributed by atoms with Gasteiger partial charge in [-0.1, -0.05) is 49.4 Å². The number of hydrogen-bond acceptors (Lipinski definition) is 27. The van der Waals surface area contributed by atoms with Gasteiger partial charge in [-0.2, -0.15) is 0 Å². The molecular weight excluding hydrogens is 1430 g/mol. The van der Waals surface area contributed by atoms with Gasteiger partial charge in [0.2, 0.25) is 11.8 Å². The molecule has 2 aliphatic heterocycles. The first-order chi connectivity index (χ1) is 49.3. The Labute approximate surface area is 607 Å². The summed E-state index contributed by atoms with van der Waals surface area (Å²) in [7, 11) is 2.93. The molecule has 7 amide bonds. The van der Waals surface area contributed by atoms with Gasteiger partial charge in [-0.15, -0.1) is 68.0 Å². The predicted octanol–water partition coefficient (Wildman–Crippen LogP) is 7.20. The van der Waals surface area contributed by atoms with Crippen LogP contribution in [0.2, 0.25) is 0 Å². The molecule has 1 aliphatic carbocycles. The van der Waals surface area contributed by atoms with Gasteiger partial charge in [0.25, 0.3) is 29.5 Å². The van der Waals surface area contributed by atoms with Gasteiger partial charge in [-0.25, -0.2) is 34.9 Å². The van der Waals surface area contributed by atoms with Gasteiger partial charge < -0.3 is 66.4 Å². The summed E-state index contributed by atoms with van der Waals surface area (Å²) < 4.78 is 21.1. The fraction of sp³-hybridized carbons (Fsp3) is 0.368. The Morgan fingerprint density at radius 1 is 0.686 bits per heavy atom. The number of thiazole rings is 6. The van der Waals surface area contributed by atoms with Crippen LogP contribution >= 0.6 is 68.0 Å². The van der Waals surface area contributed by atoms with E-state index in [0.717, 1.165) is 34.0 Å². The number of amides is 7. The second kappa shape index (κ2) is 32.8. The second-order valence-electron chi connectivity index (χ2n) is 24.3. The van der Waals surface area contributed by atoms with Crippen molar-refractivity contribution in [3.05, 3.63) is 147 Å². The molecule has 9 N–H and O–H groups in total. The first-order valence-electron chi connectivity index (χ1n) is 32.4. The third-order valence-electron chi connectivity index (χ3n) is 17.4. The lowest BCUT2D eigenvalue weighted by Crippen LogP contribution is -2.50. The Kier molecular flexibility index (Phi) is 23.3. The normalized spacial score (nSPS) is 20.5. The van der Waals surface area contributed by atoms with Crippen molar-refractivity contribution in [2.75, 3.05) is 53.7 Å². The summed E-state index contributed by atoms with van der Waals surface area (Å²) in [6, 6.07) is 14.0. The maximum absolute atomic E-state index is 15.5. The summed E-state index contributed by atoms with van der Waals surface area (Å²) in [5.41, 5.74) is 8.70. The summed E-state index contributed by atoms with van der Waals surface area (Å²) in [4.78, 5) is 147. The average Bonchev–Trinajstić information content (AvgIpc) is 1.62. The number of nitrogens with one attached hydrogen (secondary N) is 5. The number of fused-ring (bicyclic) bond motifs is 16. The average molecular weight is 1500 g/mol. The van der Waals surface area contributed by atoms with Gasteiger partial charge in [0.15, 0.2) is 6.61 Å². The number of aryl methyl sites for hydroxylation is 1. The van der Waals surface area contributed by atoms with Crippen LogP contribution in [0.15, 0.2) is 93.6 Å². The van der Waals surface area contributed by atoms with Crippen molar-refractivity contribution in [3.63, 3.8) is 0 Å². The molecule has 34 heteroatoms. The van der Waals surface area contributed by atoms with E-state index in [4.69, 9.17) is 49.6 Å². The predicted molar refractivity (Wildman–Crippen MR) is 381 cm³/mol. The van der Waals surface area contributed by atoms with E-state index in [0.29, 0.717) is 109 Å². The molecule has 2 aromatic carbocycles. The smallest absolute Gasteiger partial charge is 0.308 e. The van der Waals surface area contributed by atoms with E-state index in [1.54, 1.807) is 102 Å². The fourth-order valence-corrected chi connectivity index (χ4v) is 17.3. The minimum absolute atomic E-state index is 0.0339. The topological polar surface area (TPSA) is 394 Å². The fourth-order valence-electron chi connectivity index (χ4n) is 12.0. The van der Waals surface area contributed by atoms with E-state index in [9.17, 15) is 43.8 Å². The summed E-state index contributed by atoms with van der Waals surface area (Å²) in [5.74, 6) is -5.00. The Hall–Kier alpha value is -9.23. The van der Waals surface area contributed by atoms with Gasteiger partial charge in [-0.3, -0.25) is 38.4 Å². The first-order valence-corrected chi connectivity index (χ1v) is 37.6. The number of rotatable bonds is 19. The highest BCUT2D eigenvalue weighted by Gasteiger charge is 2.46. The molecule has 7 aromatic heterocycles. The molecule has 0 radical (unpaired) electrons. The number of nitrogens with zero attached hydrogens (tertiary/aromatic N) is 8. The highest BCUT2D eigenvalue weighted by atomic mass is 32.1. The van der Waals surface area contributed by atoms with Crippen LogP contribution in [0.4, 0.5) is 0 Å². The third-order valence-corrected chi connectivity index (χ3v) is 22.9. The van der Waals surface area contributed by atoms with Crippen molar-refractivity contribution in [1.29, 1.82) is 0 Å². The summed E-state index contributed by atoms with van der Waals surface area (Å²) >= 11 is 6.89. The molecule has 3 aliphatic rings. The minimum atomic E-state index is -1.44. The minimum Gasteiger partial charge on any atom is -0.484 e. The lowest BCUT2D eigenvalue weighted by molar-refractivity contribution is -0.146. The number of aliphatic hydroxyl groups excluding tert-OH is 2. The number of carbonyl (C=O) groups is 8. The number of primary amides is 1. The quantitative estimate of drug-likeness (QED) is 0.0293. The zero-order valence-corrected chi connectivity index (χ0v) is 60.2. The molecule has 7 atom stereocenters. The van der Waals surface area contributed by atoms with E-state index in [-0.39, 0.29) is 95.3 Å². The Morgan fingerprint density at radius 2 is 1.36 bits per heavy atom. The van der Waals surface area contributed by atoms with Crippen LogP contribution in [0.25, 0.3) is 43.4 Å². The van der Waals surface area contributed by atoms with Crippen LogP contribution in [0.3, 0.4) is 0 Å². The van der Waals surface area contributed by atoms with Crippen molar-refractivity contribution >= 4 is 115 Å². The SMILES string of the molecule is COCCOCCNC(=O)COc1ccc(C[C@@H]2NC(=O)c3csc(n3)C([C@H](O)c3ccccc3)NC(=O)c3nc(sc3C)[C@H](CC(N)=O)NC(=O)c3csc(n3)-c3ccc(-c4nc(C(=O)N[C@H]5CC[C@H](C(=O)OC)CC5)cs4)nc3-c3csc(n3)-c3csc(n3)[C@@H]3[C@@H](C)[C@@H](O)CN3C2=O)cc1. The molecular formula is C68H70N14O14S6. The zero-order valence-electron chi connectivity index (χ0n) is 55.3. The van der Waals surface area contributed by atoms with Crippen LogP contribution in [-0.4, -0.2) is 169 Å². The molecule has 12 rings (SSSR count). The van der Waals surface area contributed by atoms with E-state index >= 15 is 4.79 Å². The number of methoxy groups -OCH3 is 2. The molecule has 2 fully saturated rings. The lowest BCUT2D eigenvalue weighted by atomic mass is 9.86. The van der Waals surface area contributed by atoms with Crippen molar-refractivity contribution < 1.29 is 67.5 Å². The van der Waals surface area contributed by atoms with E-state index in [1.165, 1.54) is 51.4 Å². The number of benzene rings is 2. The standard InChI is InChI=1S/C68H70N14O14S6/c1-33-49(83)26-82-55(33)66-79-48(32-101-66)63-75-44(28-98-63)53-40(18-19-41(72-53)62-77-45(30-99-62)57(87)71-38-14-12-37(13-15-38)68(92)94-4)61-76-46(29-97-61)58(88)73-42(25-50(69)84)64-81-52(34(2)102-64)60(90)80-54(56(86)36-8-6-5-7-9-36)65-78-47(31-100-65)59(89)74-43(67(82)91)24-35-10-16-39(17-11-35)96-27-51(85)70-20-21-95-23-22-93-3/h5-11,16-19,28-33,37-38,42-43,49,54-56,83,86H,12-15,20-27H2,1-4H3,(H2,69,84)(H,70,85)(H,71,87)(H,73,88)(H,74,89)(H,80,90)/t33-,37-,38-,42-,43-,49-,54?,55-,56+/m0/s1. The number of hydrogen-bond donors (Lipinski definition) is 8. The van der Waals surface area contributed by atoms with Crippen LogP contribution in [-0.2, 0) is 39.8 Å². The van der Waals surface area contributed by atoms with Crippen molar-refractivity contribution in [2.24, 2.45) is 17.6 Å². The molecule has 1 saturated heterocycles. The van der Waals surface area contributed by atoms with Crippen molar-refractivity contribution in [2.45, 2.75) is 94.8 Å². The van der Waals surface area contributed by atoms with Crippen molar-refractivity contribution in [3.8, 4) is 49.1 Å². The number of nitrogens with two attached hydrogens (primary N) is 1. The second-order valence-corrected chi connectivity index (χ2v) is 29.9. The van der Waals surface area contributed by atoms with Gasteiger partial charge in [0.1, 0.15) is 93.8 Å². The van der Waals surface area contributed by atoms with Gasteiger partial charge >= 0.3 is 5.97 Å². The third kappa shape index (κ3) is 16.9. The summed E-state index contributed by atoms with van der Waals surface area (Å²) in [6.07, 6.45) is -0.584. The molecule has 102 heavy (non-hydrogen) atoms. The number of esters is 1. The highest BCUT2D eigenvalue weighted by molar-refractivity contribution is 7.15. The largest absolute Gasteiger partial charge is 0.484 e. The highest BCUT2D eigenvalue weighted by Crippen LogP contribution is 2.43. The van der Waals surface area contributed by atoms with E-state index < -0.39 is 78.2 Å². The molecule has 9 aromatic rings. The zero-order chi connectivity index (χ0) is 71.7. The number of pyridine rings is 1. The van der Waals surface area contributed by atoms with Crippen LogP contribution in [0.1, 0.15) is 136 Å². The molecule has 10 bridgehead atoms. The first kappa shape index (κ1) is 72.6. The van der Waals surface area contributed by atoms with Gasteiger partial charge in [0.05, 0.1) is 63.2 Å². The van der Waals surface area contributed by atoms with E-state index in [1.807, 2.05) is 6.92 Å². The lowest BCUT2D eigenvalue weighted by Gasteiger charge is -2.29. The van der Waals surface area contributed by atoms with Gasteiger partial charge in [0, 0.05) is 75.9 Å². The summed E-state index contributed by atoms with van der Waals surface area (Å²) in [6.45, 7) is 4.39. The number of aliphatic hydroxyl groups is 2. The molecule has 532 valence electrons. The maximum Gasteiger partial charge on any atom is 0.308 e. The Balaban J connectivity index is 0.895. The van der Waals surface area contributed by atoms with Crippen LogP contribution in [0, 0.1) is 18.8 Å². The number of aromatic nitrogens is 7. The Morgan fingerprint density at radius 3 is 2.12 bits per heavy atom. The Bertz CT molecular complexity index is 4530. The van der Waals surface area contributed by atoms with Gasteiger partial charge in [-0.05, 0) is 68.0 Å². The molecule has 9 heterocycles. The monoisotopic (exact) mass is 1500 g/mol. The van der Waals surface area contributed by atoms with Crippen LogP contribution in [0.5, 0.6) is 5.75 Å². The number of ether oxygens (including phenoxy) is 4. The maximum atomic E-state index is 15.5. The van der Waals surface area contributed by atoms with Crippen molar-refractivity contribution in [1.82, 2.24) is 66.4 Å².